The Bertz CT molecular complexity index is 4790. The lowest BCUT2D eigenvalue weighted by atomic mass is 9.62. The summed E-state index contributed by atoms with van der Waals surface area (Å²) in [5, 5.41) is 2.22. The van der Waals surface area contributed by atoms with Crippen LogP contribution in [0.4, 0.5) is 0 Å². The highest BCUT2D eigenvalue weighted by molar-refractivity contribution is 6.10. The Labute approximate surface area is 483 Å². The highest BCUT2D eigenvalue weighted by atomic mass is 16.5. The predicted octanol–water partition coefficient (Wildman–Crippen LogP) is 19.6. The van der Waals surface area contributed by atoms with E-state index >= 15 is 0 Å². The number of hydrogen-bond acceptors (Lipinski definition) is 2. The van der Waals surface area contributed by atoms with E-state index in [1.807, 2.05) is 42.6 Å². The van der Waals surface area contributed by atoms with Crippen LogP contribution in [0.5, 0.6) is 11.5 Å². The Morgan fingerprint density at radius 1 is 0.506 bits per heavy atom. The number of fused-ring (bicyclic) bond motifs is 11. The van der Waals surface area contributed by atoms with E-state index in [-0.39, 0.29) is 39.3 Å². The third-order valence-corrected chi connectivity index (χ3v) is 17.5. The van der Waals surface area contributed by atoms with Crippen molar-refractivity contribution in [1.29, 1.82) is 0 Å². The largest absolute Gasteiger partial charge is 0.458 e. The van der Waals surface area contributed by atoms with Gasteiger partial charge in [0.1, 0.15) is 17.3 Å². The molecule has 2 aliphatic rings. The summed E-state index contributed by atoms with van der Waals surface area (Å²) >= 11 is 0. The first-order chi connectivity index (χ1) is 41.0. The van der Waals surface area contributed by atoms with E-state index in [1.165, 1.54) is 22.3 Å². The summed E-state index contributed by atoms with van der Waals surface area (Å²) in [7, 11) is 0. The molecule has 4 heterocycles. The first-order valence-electron chi connectivity index (χ1n) is 30.9. The van der Waals surface area contributed by atoms with Crippen LogP contribution in [0.1, 0.15) is 111 Å². The Hall–Kier alpha value is -8.80. The fourth-order valence-electron chi connectivity index (χ4n) is 12.8. The standard InChI is InChI=1S/C76H68N4O/c1-73(2,3)51-32-30-48(31-33-51)50-40-64-58-25-15-14-24-57(58)62-45-65-66(76(9,10)38-37-75(65,7)8)46-63(62)61-28-19-27-56(49-20-12-11-13-21-49)71(61)79-47-78(69(41-50)72(64)79)53-22-18-23-54(43-53)81-55-34-35-60-59-26-16-17-29-67(59)80(68(60)44-55)70-42-52(36-39-77-70)74(4,5)6/h11-36,39-46H,37-38H2,1-10H3/i11D,12D,13D,20D,21D. The zero-order chi connectivity index (χ0) is 60.1. The molecule has 0 N–H and O–H groups in total. The molecule has 0 spiro atoms. The lowest BCUT2D eigenvalue weighted by Crippen LogP contribution is -2.34. The minimum atomic E-state index is -0.440. The van der Waals surface area contributed by atoms with Crippen LogP contribution < -0.4 is 9.30 Å². The van der Waals surface area contributed by atoms with Crippen molar-refractivity contribution in [2.45, 2.75) is 104 Å². The molecule has 1 aliphatic carbocycles. The summed E-state index contributed by atoms with van der Waals surface area (Å²) in [5.41, 5.74) is 18.4. The van der Waals surface area contributed by atoms with Gasteiger partial charge in [-0.3, -0.25) is 13.7 Å². The molecule has 81 heavy (non-hydrogen) atoms. The summed E-state index contributed by atoms with van der Waals surface area (Å²) in [6.45, 7) is 22.8. The Morgan fingerprint density at radius 2 is 1.14 bits per heavy atom. The van der Waals surface area contributed by atoms with Crippen LogP contribution in [0.25, 0.3) is 106 Å². The molecule has 14 rings (SSSR count). The van der Waals surface area contributed by atoms with Crippen LogP contribution in [0.3, 0.4) is 0 Å². The van der Waals surface area contributed by atoms with Gasteiger partial charge in [-0.25, -0.2) is 4.98 Å². The highest BCUT2D eigenvalue weighted by Gasteiger charge is 2.39. The van der Waals surface area contributed by atoms with Gasteiger partial charge >= 0.3 is 0 Å². The monoisotopic (exact) mass is 1060 g/mol. The normalized spacial score (nSPS) is 15.3. The Balaban J connectivity index is 1.05. The smallest absolute Gasteiger partial charge is 0.269 e. The van der Waals surface area contributed by atoms with Crippen LogP contribution in [-0.4, -0.2) is 14.1 Å². The van der Waals surface area contributed by atoms with E-state index in [0.717, 1.165) is 102 Å². The molecular formula is C76H68N4O. The van der Waals surface area contributed by atoms with E-state index in [2.05, 4.69) is 223 Å². The summed E-state index contributed by atoms with van der Waals surface area (Å²) < 4.78 is 59.3. The second-order valence-corrected chi connectivity index (χ2v) is 25.7. The van der Waals surface area contributed by atoms with Gasteiger partial charge < -0.3 is 4.74 Å². The summed E-state index contributed by atoms with van der Waals surface area (Å²) in [6.07, 6.45) is 7.89. The lowest BCUT2D eigenvalue weighted by molar-refractivity contribution is -0.570. The average Bonchev–Trinajstić information content (AvgIpc) is 2.25. The molecule has 0 bridgehead atoms. The molecule has 0 unspecified atom stereocenters. The van der Waals surface area contributed by atoms with Gasteiger partial charge in [-0.05, 0) is 173 Å². The molecule has 1 aliphatic heterocycles. The lowest BCUT2D eigenvalue weighted by Gasteiger charge is -2.42. The SMILES string of the molecule is [2H]c1c([2H])c([2H])c(-c2cccc3c2-[n+]2[c-]n(-c4cccc(Oc5ccc6c7ccccc7n(-c7cc(C(C)(C)C)ccn7)c6c5)c4)c4cc(-c5ccc(C(C)(C)C)cc5)cc(c42)-c2ccccc2-c2cc4c(cc2-3)C(C)(C)CCC4(C)C)c([2H])c1[2H]. The summed E-state index contributed by atoms with van der Waals surface area (Å²) in [4.78, 5) is 4.93. The van der Waals surface area contributed by atoms with Gasteiger partial charge in [0.15, 0.2) is 0 Å². The van der Waals surface area contributed by atoms with Gasteiger partial charge in [-0.1, -0.05) is 203 Å². The number of nitrogens with zero attached hydrogens (tertiary/aromatic N) is 4. The summed E-state index contributed by atoms with van der Waals surface area (Å²) in [6, 6.07) is 58.3. The molecule has 5 nitrogen and oxygen atoms in total. The van der Waals surface area contributed by atoms with Crippen molar-refractivity contribution in [3.63, 3.8) is 0 Å². The fraction of sp³-hybridized carbons (Fsp3) is 0.211. The van der Waals surface area contributed by atoms with Gasteiger partial charge in [0, 0.05) is 23.0 Å². The average molecular weight is 1060 g/mol. The minimum Gasteiger partial charge on any atom is -0.458 e. The van der Waals surface area contributed by atoms with Crippen LogP contribution in [0.2, 0.25) is 0 Å². The van der Waals surface area contributed by atoms with Crippen molar-refractivity contribution in [3.8, 4) is 84.3 Å². The quantitative estimate of drug-likeness (QED) is 0.123. The number of aromatic nitrogens is 4. The van der Waals surface area contributed by atoms with E-state index in [4.69, 9.17) is 13.8 Å². The molecule has 0 radical (unpaired) electrons. The van der Waals surface area contributed by atoms with Gasteiger partial charge in [0.2, 0.25) is 0 Å². The molecule has 12 aromatic rings. The van der Waals surface area contributed by atoms with E-state index in [0.29, 0.717) is 22.7 Å². The molecule has 0 amide bonds. The number of ether oxygens (including phenoxy) is 1. The molecule has 0 saturated heterocycles. The Kier molecular flexibility index (Phi) is 10.2. The van der Waals surface area contributed by atoms with E-state index in [9.17, 15) is 2.74 Å². The third kappa shape index (κ3) is 8.42. The van der Waals surface area contributed by atoms with Crippen molar-refractivity contribution in [2.75, 3.05) is 0 Å². The van der Waals surface area contributed by atoms with Crippen molar-refractivity contribution in [2.24, 2.45) is 0 Å². The fourth-order valence-corrected chi connectivity index (χ4v) is 12.8. The zero-order valence-corrected chi connectivity index (χ0v) is 47.9. The topological polar surface area (TPSA) is 35.9 Å². The number of benzene rings is 9. The number of hydrogen-bond donors (Lipinski definition) is 0. The van der Waals surface area contributed by atoms with Gasteiger partial charge in [-0.2, -0.15) is 0 Å². The molecule has 398 valence electrons. The van der Waals surface area contributed by atoms with Crippen molar-refractivity contribution in [3.05, 3.63) is 235 Å². The number of imidazole rings is 1. The van der Waals surface area contributed by atoms with E-state index < -0.39 is 18.1 Å². The van der Waals surface area contributed by atoms with Crippen LogP contribution in [-0.2, 0) is 21.7 Å². The first kappa shape index (κ1) is 45.0. The predicted molar refractivity (Wildman–Crippen MR) is 336 cm³/mol. The maximum Gasteiger partial charge on any atom is 0.269 e. The number of pyridine rings is 1. The molecule has 5 heteroatoms. The van der Waals surface area contributed by atoms with Crippen molar-refractivity contribution >= 4 is 32.8 Å². The Morgan fingerprint density at radius 3 is 1.86 bits per heavy atom. The minimum absolute atomic E-state index is 0.0503. The third-order valence-electron chi connectivity index (χ3n) is 17.5. The maximum atomic E-state index is 9.57. The van der Waals surface area contributed by atoms with Gasteiger partial charge in [0.25, 0.3) is 6.33 Å². The number of para-hydroxylation sites is 2. The zero-order valence-electron chi connectivity index (χ0n) is 52.9. The van der Waals surface area contributed by atoms with Crippen molar-refractivity contribution in [1.82, 2.24) is 14.1 Å². The molecule has 0 fully saturated rings. The molecule has 0 saturated carbocycles. The first-order valence-corrected chi connectivity index (χ1v) is 28.4. The second kappa shape index (κ2) is 18.4. The van der Waals surface area contributed by atoms with Gasteiger partial charge in [0.05, 0.1) is 40.3 Å². The number of rotatable bonds is 6. The second-order valence-electron chi connectivity index (χ2n) is 25.7. The molecule has 3 aromatic heterocycles. The highest BCUT2D eigenvalue weighted by Crippen LogP contribution is 2.53. The van der Waals surface area contributed by atoms with Crippen molar-refractivity contribution < 1.29 is 16.2 Å². The van der Waals surface area contributed by atoms with Crippen LogP contribution in [0, 0.1) is 6.33 Å². The van der Waals surface area contributed by atoms with Crippen LogP contribution >= 0.6 is 0 Å². The molecule has 9 aromatic carbocycles. The molecule has 0 atom stereocenters. The summed E-state index contributed by atoms with van der Waals surface area (Å²) in [5.74, 6) is 2.11. The maximum absolute atomic E-state index is 9.57. The van der Waals surface area contributed by atoms with Gasteiger partial charge in [-0.15, -0.1) is 0 Å². The van der Waals surface area contributed by atoms with E-state index in [1.54, 1.807) is 0 Å². The molecular weight excluding hydrogens is 985 g/mol. The van der Waals surface area contributed by atoms with Crippen LogP contribution in [0.15, 0.2) is 206 Å².